The number of phosphoric acid groups is 1. The highest BCUT2D eigenvalue weighted by Gasteiger charge is 2.76. The van der Waals surface area contributed by atoms with Gasteiger partial charge < -0.3 is 35.1 Å². The Balaban J connectivity index is 0.963. The quantitative estimate of drug-likeness (QED) is 0.279. The van der Waals surface area contributed by atoms with E-state index in [9.17, 15) is 29.6 Å². The number of carbonyl (C=O) groups is 1. The first kappa shape index (κ1) is 31.1. The smallest absolute Gasteiger partial charge is 0.393 e. The minimum atomic E-state index is -4.98. The van der Waals surface area contributed by atoms with Crippen LogP contribution in [0.2, 0.25) is 0 Å². The van der Waals surface area contributed by atoms with Gasteiger partial charge in [0, 0.05) is 11.3 Å². The number of nitrogen functional groups attached to an aromatic ring is 1. The highest BCUT2D eigenvalue weighted by Crippen LogP contribution is 2.76. The highest BCUT2D eigenvalue weighted by molar-refractivity contribution is 7.48. The lowest BCUT2D eigenvalue weighted by Crippen LogP contribution is -2.64. The molecule has 2 aromatic rings. The van der Waals surface area contributed by atoms with Gasteiger partial charge in [-0.1, -0.05) is 13.3 Å². The summed E-state index contributed by atoms with van der Waals surface area (Å²) in [7, 11) is -4.98. The average molecular weight is 664 g/mol. The van der Waals surface area contributed by atoms with E-state index in [1.54, 1.807) is 6.92 Å². The van der Waals surface area contributed by atoms with Crippen molar-refractivity contribution in [2.45, 2.75) is 108 Å². The predicted octanol–water partition coefficient (Wildman–Crippen LogP) is 1.84. The molecule has 2 aromatic heterocycles. The van der Waals surface area contributed by atoms with Crippen LogP contribution < -0.4 is 5.73 Å². The van der Waals surface area contributed by atoms with E-state index in [0.29, 0.717) is 18.8 Å². The first-order valence-corrected chi connectivity index (χ1v) is 17.6. The fraction of sp³-hybridized carbons (Fsp3) is 0.800. The molecule has 4 aliphatic carbocycles. The Bertz CT molecular complexity index is 1640. The zero-order chi connectivity index (χ0) is 32.6. The number of hydrogen-bond acceptors (Lipinski definition) is 13. The van der Waals surface area contributed by atoms with Crippen LogP contribution in [0.25, 0.3) is 11.2 Å². The number of aliphatic hydroxyl groups is 3. The Morgan fingerprint density at radius 2 is 1.91 bits per heavy atom. The van der Waals surface area contributed by atoms with Crippen LogP contribution in [0.1, 0.15) is 71.9 Å². The fourth-order valence-electron chi connectivity index (χ4n) is 11.0. The number of fused-ring (bicyclic) bond motifs is 3. The summed E-state index contributed by atoms with van der Waals surface area (Å²) >= 11 is 0. The molecule has 14 atom stereocenters. The first-order valence-electron chi connectivity index (χ1n) is 16.1. The van der Waals surface area contributed by atoms with Gasteiger partial charge in [0.05, 0.1) is 36.2 Å². The summed E-state index contributed by atoms with van der Waals surface area (Å²) in [6, 6.07) is 0. The number of aliphatic hydroxyl groups excluding tert-OH is 3. The molecule has 4 unspecified atom stereocenters. The maximum absolute atomic E-state index is 13.9. The number of imidazole rings is 1. The van der Waals surface area contributed by atoms with Crippen molar-refractivity contribution in [1.29, 1.82) is 0 Å². The van der Waals surface area contributed by atoms with Gasteiger partial charge in [-0.2, -0.15) is 0 Å². The number of anilines is 1. The number of phosphoric ester groups is 1. The third-order valence-electron chi connectivity index (χ3n) is 13.1. The van der Waals surface area contributed by atoms with Crippen molar-refractivity contribution in [3.63, 3.8) is 0 Å². The molecule has 15 nitrogen and oxygen atoms in total. The number of carbonyl (C=O) groups excluding carboxylic acids is 1. The van der Waals surface area contributed by atoms with E-state index in [2.05, 4.69) is 28.8 Å². The molecule has 1 spiro atoms. The molecule has 4 heterocycles. The van der Waals surface area contributed by atoms with Crippen LogP contribution in [0.4, 0.5) is 5.82 Å². The number of rotatable bonds is 6. The van der Waals surface area contributed by atoms with Crippen LogP contribution in [-0.2, 0) is 27.9 Å². The molecule has 6 aliphatic rings. The van der Waals surface area contributed by atoms with Gasteiger partial charge in [-0.25, -0.2) is 19.5 Å². The predicted molar refractivity (Wildman–Crippen MR) is 158 cm³/mol. The lowest BCUT2D eigenvalue weighted by atomic mass is 9.40. The third-order valence-corrected chi connectivity index (χ3v) is 13.9. The Morgan fingerprint density at radius 3 is 2.70 bits per heavy atom. The van der Waals surface area contributed by atoms with E-state index in [1.165, 1.54) is 17.2 Å². The average Bonchev–Trinajstić information content (AvgIpc) is 3.55. The molecule has 16 heteroatoms. The standard InChI is InChI=1S/C30H42N5O10P/c1-27-5-4-6-28(2,17(27)8-19(36)30-9-14-15(7-18(27)30)44-29(14,3)11-30)26(39)45-46(40,41)42-10-16-21(37)22(38)25(43-16)35-13-34-20-23(31)32-12-33-24(20)35/h12-19,21-22,25,36-38H,4-11H2,1-3H3,(H,40,41)(H2,31,32,33)/t14-,15?,16+,17-,18-,19+,21+,22+,25+,27+,28?,29?,30+/m0/s1. The number of aromatic nitrogens is 4. The van der Waals surface area contributed by atoms with Crippen molar-refractivity contribution in [1.82, 2.24) is 19.5 Å². The first-order chi connectivity index (χ1) is 21.6. The number of ether oxygens (including phenoxy) is 2. The van der Waals surface area contributed by atoms with Crippen molar-refractivity contribution in [2.24, 2.45) is 34.0 Å². The van der Waals surface area contributed by atoms with Gasteiger partial charge in [-0.15, -0.1) is 0 Å². The van der Waals surface area contributed by atoms with Crippen LogP contribution in [0.15, 0.2) is 12.7 Å². The van der Waals surface area contributed by atoms with Gasteiger partial charge >= 0.3 is 13.8 Å². The molecule has 0 aromatic carbocycles. The summed E-state index contributed by atoms with van der Waals surface area (Å²) in [5.74, 6) is -0.368. The molecule has 2 aliphatic heterocycles. The molecule has 46 heavy (non-hydrogen) atoms. The van der Waals surface area contributed by atoms with Gasteiger partial charge in [0.15, 0.2) is 17.7 Å². The van der Waals surface area contributed by atoms with E-state index in [1.807, 2.05) is 0 Å². The summed E-state index contributed by atoms with van der Waals surface area (Å²) in [6.07, 6.45) is 1.84. The summed E-state index contributed by atoms with van der Waals surface area (Å²) in [6.45, 7) is 5.51. The zero-order valence-corrected chi connectivity index (χ0v) is 27.0. The summed E-state index contributed by atoms with van der Waals surface area (Å²) < 4.78 is 37.1. The van der Waals surface area contributed by atoms with E-state index >= 15 is 0 Å². The van der Waals surface area contributed by atoms with Crippen LogP contribution in [0, 0.1) is 34.0 Å². The Morgan fingerprint density at radius 1 is 1.13 bits per heavy atom. The largest absolute Gasteiger partial charge is 0.529 e. The van der Waals surface area contributed by atoms with Crippen LogP contribution in [0.3, 0.4) is 0 Å². The zero-order valence-electron chi connectivity index (χ0n) is 26.1. The van der Waals surface area contributed by atoms with Crippen LogP contribution in [-0.4, -0.2) is 88.4 Å². The molecule has 6 fully saturated rings. The molecule has 0 amide bonds. The number of nitrogens with two attached hydrogens (primary N) is 1. The van der Waals surface area contributed by atoms with Crippen LogP contribution >= 0.6 is 7.82 Å². The molecule has 0 radical (unpaired) electrons. The van der Waals surface area contributed by atoms with E-state index in [4.69, 9.17) is 24.3 Å². The minimum absolute atomic E-state index is 0.125. The lowest BCUT2D eigenvalue weighted by Gasteiger charge is -2.65. The second kappa shape index (κ2) is 9.91. The van der Waals surface area contributed by atoms with E-state index in [-0.39, 0.29) is 51.4 Å². The summed E-state index contributed by atoms with van der Waals surface area (Å²) in [5, 5.41) is 33.1. The van der Waals surface area contributed by atoms with Gasteiger partial charge in [0.25, 0.3) is 0 Å². The lowest BCUT2D eigenvalue weighted by molar-refractivity contribution is -0.256. The van der Waals surface area contributed by atoms with Gasteiger partial charge in [-0.05, 0) is 69.6 Å². The monoisotopic (exact) mass is 663 g/mol. The van der Waals surface area contributed by atoms with E-state index < -0.39 is 56.5 Å². The molecule has 6 N–H and O–H groups in total. The van der Waals surface area contributed by atoms with Crippen LogP contribution in [0.5, 0.6) is 0 Å². The maximum Gasteiger partial charge on any atom is 0.529 e. The third kappa shape index (κ3) is 4.12. The second-order valence-electron chi connectivity index (χ2n) is 15.3. The fourth-order valence-corrected chi connectivity index (χ4v) is 11.8. The Hall–Kier alpha value is -2.23. The highest BCUT2D eigenvalue weighted by atomic mass is 31.2. The number of nitrogens with zero attached hydrogens (tertiary/aromatic N) is 4. The summed E-state index contributed by atoms with van der Waals surface area (Å²) in [4.78, 5) is 36.7. The van der Waals surface area contributed by atoms with Crippen molar-refractivity contribution in [3.05, 3.63) is 12.7 Å². The van der Waals surface area contributed by atoms with Crippen molar-refractivity contribution in [3.8, 4) is 0 Å². The Kier molecular flexibility index (Phi) is 6.69. The SMILES string of the molecule is CC12C[C@]34C[C@H]1C(C[C@H]3[C@]1(C)CCCC(C)(C(=O)OP(=O)(O)OC[C@H]3O[C@@H](n5cnc6c(N)ncnc65)[C@H](O)[C@@H]3O)[C@H]1C[C@H]4O)O2. The normalized spacial score (nSPS) is 48.7. The Labute approximate surface area is 265 Å². The second-order valence-corrected chi connectivity index (χ2v) is 16.7. The summed E-state index contributed by atoms with van der Waals surface area (Å²) in [5.41, 5.74) is 4.53. The van der Waals surface area contributed by atoms with E-state index in [0.717, 1.165) is 32.1 Å². The number of hydrogen-bond donors (Lipinski definition) is 5. The van der Waals surface area contributed by atoms with Crippen molar-refractivity contribution in [2.75, 3.05) is 12.3 Å². The molecule has 252 valence electrons. The molecule has 2 bridgehead atoms. The maximum atomic E-state index is 13.9. The van der Waals surface area contributed by atoms with Crippen molar-refractivity contribution >= 4 is 30.8 Å². The molecular weight excluding hydrogens is 621 g/mol. The van der Waals surface area contributed by atoms with Gasteiger partial charge in [0.1, 0.15) is 30.2 Å². The molecular formula is C30H42N5O10P. The molecule has 2 saturated heterocycles. The van der Waals surface area contributed by atoms with Gasteiger partial charge in [0.2, 0.25) is 0 Å². The van der Waals surface area contributed by atoms with Crippen molar-refractivity contribution < 1.29 is 48.1 Å². The van der Waals surface area contributed by atoms with Gasteiger partial charge in [-0.3, -0.25) is 18.8 Å². The molecule has 8 rings (SSSR count). The molecule has 4 saturated carbocycles. The topological polar surface area (TPSA) is 222 Å². The minimum Gasteiger partial charge on any atom is -0.393 e.